The van der Waals surface area contributed by atoms with Gasteiger partial charge in [-0.3, -0.25) is 0 Å². The number of para-hydroxylation sites is 1. The third-order valence-corrected chi connectivity index (χ3v) is 2.73. The van der Waals surface area contributed by atoms with E-state index in [2.05, 4.69) is 12.2 Å². The lowest BCUT2D eigenvalue weighted by Crippen LogP contribution is -3.00. The molecular formula is C15H20IN2O3-. The minimum absolute atomic E-state index is 0. The number of nitrogens with zero attached hydrogens (tertiary/aromatic N) is 1. The lowest BCUT2D eigenvalue weighted by atomic mass is 10.2. The number of halogens is 1. The van der Waals surface area contributed by atoms with Gasteiger partial charge in [-0.15, -0.1) is 0 Å². The normalized spacial score (nSPS) is 9.24. The molecule has 0 aliphatic carbocycles. The highest BCUT2D eigenvalue weighted by molar-refractivity contribution is 5.80. The molecule has 0 radical (unpaired) electrons. The number of carbonyl (C=O) groups is 1. The van der Waals surface area contributed by atoms with Crippen molar-refractivity contribution in [2.24, 2.45) is 0 Å². The molecule has 1 heterocycles. The standard InChI is InChI=1S/C11H11NO.C4H9NO2.HI/c1-2-12-8-4-6-9-5-3-7-10(13)11(9)12;1-2-3-5-4(6)7;/h3-8H,2H2,1H3;5H,2-3H2,1H3,(H,6,7);1H/p-1. The van der Waals surface area contributed by atoms with E-state index >= 15 is 0 Å². The van der Waals surface area contributed by atoms with Gasteiger partial charge in [0.25, 0.3) is 5.52 Å². The number of amides is 1. The molecule has 0 atom stereocenters. The number of aromatic hydroxyl groups is 1. The average molecular weight is 403 g/mol. The fourth-order valence-electron chi connectivity index (χ4n) is 1.81. The summed E-state index contributed by atoms with van der Waals surface area (Å²) in [4.78, 5) is 9.54. The van der Waals surface area contributed by atoms with Crippen LogP contribution in [0, 0.1) is 0 Å². The van der Waals surface area contributed by atoms with Gasteiger partial charge >= 0.3 is 0 Å². The topological polar surface area (TPSA) is 76.3 Å². The largest absolute Gasteiger partial charge is 1.00 e. The second-order valence-corrected chi connectivity index (χ2v) is 4.22. The van der Waals surface area contributed by atoms with Gasteiger partial charge in [0.15, 0.2) is 11.9 Å². The first-order valence-electron chi connectivity index (χ1n) is 6.65. The Morgan fingerprint density at radius 3 is 2.48 bits per heavy atom. The molecule has 0 bridgehead atoms. The molecule has 0 aliphatic heterocycles. The number of fused-ring (bicyclic) bond motifs is 1. The van der Waals surface area contributed by atoms with Crippen molar-refractivity contribution < 1.29 is 43.6 Å². The second kappa shape index (κ2) is 10.2. The van der Waals surface area contributed by atoms with Gasteiger partial charge < -0.3 is 44.3 Å². The summed E-state index contributed by atoms with van der Waals surface area (Å²) in [5.74, 6) is 0.347. The number of pyridine rings is 1. The summed E-state index contributed by atoms with van der Waals surface area (Å²) in [7, 11) is 0. The Balaban J connectivity index is 0.000000436. The molecule has 21 heavy (non-hydrogen) atoms. The van der Waals surface area contributed by atoms with E-state index in [9.17, 15) is 15.0 Å². The SMILES string of the molecule is CCCNC(=O)[O-].CC[n+]1cccc2cccc(O)c21.[I-]. The zero-order valence-corrected chi connectivity index (χ0v) is 14.3. The molecule has 0 unspecified atom stereocenters. The number of phenolic OH excluding ortho intramolecular Hbond substituents is 1. The molecule has 0 fully saturated rings. The van der Waals surface area contributed by atoms with Gasteiger partial charge in [0.1, 0.15) is 12.6 Å². The molecule has 0 spiro atoms. The monoisotopic (exact) mass is 403 g/mol. The predicted octanol–water partition coefficient (Wildman–Crippen LogP) is -1.81. The van der Waals surface area contributed by atoms with E-state index in [0.717, 1.165) is 23.9 Å². The van der Waals surface area contributed by atoms with Crippen molar-refractivity contribution in [3.63, 3.8) is 0 Å². The average Bonchev–Trinajstić information content (AvgIpc) is 2.45. The number of benzene rings is 1. The van der Waals surface area contributed by atoms with E-state index < -0.39 is 6.09 Å². The highest BCUT2D eigenvalue weighted by Gasteiger charge is 2.09. The Kier molecular flexibility index (Phi) is 9.44. The first-order valence-corrected chi connectivity index (χ1v) is 6.65. The van der Waals surface area contributed by atoms with Crippen LogP contribution >= 0.6 is 0 Å². The van der Waals surface area contributed by atoms with E-state index in [1.54, 1.807) is 6.07 Å². The van der Waals surface area contributed by atoms with Gasteiger partial charge in [0.05, 0.1) is 5.39 Å². The summed E-state index contributed by atoms with van der Waals surface area (Å²) in [6.07, 6.45) is 1.60. The zero-order valence-electron chi connectivity index (χ0n) is 12.2. The molecule has 2 aromatic rings. The Hall–Kier alpha value is -1.57. The van der Waals surface area contributed by atoms with E-state index in [0.29, 0.717) is 12.3 Å². The van der Waals surface area contributed by atoms with Crippen LogP contribution in [0.5, 0.6) is 5.75 Å². The van der Waals surface area contributed by atoms with Crippen LogP contribution in [-0.2, 0) is 6.54 Å². The summed E-state index contributed by atoms with van der Waals surface area (Å²) in [6, 6.07) is 9.57. The van der Waals surface area contributed by atoms with Gasteiger partial charge in [0.2, 0.25) is 0 Å². The maximum atomic E-state index is 9.66. The minimum atomic E-state index is -1.19. The number of hydrogen-bond acceptors (Lipinski definition) is 3. The second-order valence-electron chi connectivity index (χ2n) is 4.22. The maximum Gasteiger partial charge on any atom is 0.254 e. The first-order chi connectivity index (χ1) is 9.60. The van der Waals surface area contributed by atoms with Crippen molar-refractivity contribution in [2.75, 3.05) is 6.54 Å². The zero-order chi connectivity index (χ0) is 15.0. The van der Waals surface area contributed by atoms with Crippen LogP contribution in [0.3, 0.4) is 0 Å². The lowest BCUT2D eigenvalue weighted by molar-refractivity contribution is -0.668. The summed E-state index contributed by atoms with van der Waals surface area (Å²) in [6.45, 7) is 5.30. The van der Waals surface area contributed by atoms with Crippen molar-refractivity contribution >= 4 is 17.0 Å². The number of aryl methyl sites for hydroxylation is 1. The Bertz CT molecular complexity index is 571. The number of hydrogen-bond donors (Lipinski definition) is 2. The van der Waals surface area contributed by atoms with Crippen molar-refractivity contribution in [3.05, 3.63) is 36.5 Å². The first kappa shape index (κ1) is 19.4. The molecule has 116 valence electrons. The quantitative estimate of drug-likeness (QED) is 0.469. The van der Waals surface area contributed by atoms with Crippen LogP contribution in [0.25, 0.3) is 10.9 Å². The molecular weight excluding hydrogens is 383 g/mol. The Labute approximate surface area is 141 Å². The number of carbonyl (C=O) groups excluding carboxylic acids is 1. The number of rotatable bonds is 3. The fourth-order valence-corrected chi connectivity index (χ4v) is 1.81. The molecule has 2 rings (SSSR count). The van der Waals surface area contributed by atoms with Crippen LogP contribution in [-0.4, -0.2) is 17.7 Å². The molecule has 5 nitrogen and oxygen atoms in total. The smallest absolute Gasteiger partial charge is 0.254 e. The van der Waals surface area contributed by atoms with Gasteiger partial charge in [-0.1, -0.05) is 13.0 Å². The van der Waals surface area contributed by atoms with E-state index in [-0.39, 0.29) is 24.0 Å². The van der Waals surface area contributed by atoms with Crippen LogP contribution in [0.1, 0.15) is 20.3 Å². The van der Waals surface area contributed by atoms with Gasteiger partial charge in [-0.2, -0.15) is 4.57 Å². The summed E-state index contributed by atoms with van der Waals surface area (Å²) in [5, 5.41) is 22.4. The maximum absolute atomic E-state index is 9.66. The fraction of sp³-hybridized carbons (Fsp3) is 0.333. The predicted molar refractivity (Wildman–Crippen MR) is 75.2 cm³/mol. The minimum Gasteiger partial charge on any atom is -1.00 e. The van der Waals surface area contributed by atoms with Crippen molar-refractivity contribution in [1.82, 2.24) is 5.32 Å². The van der Waals surface area contributed by atoms with Crippen LogP contribution < -0.4 is 39.0 Å². The number of aromatic nitrogens is 1. The molecule has 1 aromatic carbocycles. The molecule has 6 heteroatoms. The third kappa shape index (κ3) is 6.16. The molecule has 0 aliphatic rings. The molecule has 1 amide bonds. The van der Waals surface area contributed by atoms with Crippen molar-refractivity contribution in [2.45, 2.75) is 26.8 Å². The Morgan fingerprint density at radius 2 is 1.95 bits per heavy atom. The van der Waals surface area contributed by atoms with E-state index in [4.69, 9.17) is 0 Å². The molecule has 2 N–H and O–H groups in total. The van der Waals surface area contributed by atoms with Crippen LogP contribution in [0.4, 0.5) is 4.79 Å². The third-order valence-electron chi connectivity index (χ3n) is 2.73. The van der Waals surface area contributed by atoms with Gasteiger partial charge in [-0.25, -0.2) is 0 Å². The summed E-state index contributed by atoms with van der Waals surface area (Å²) in [5.41, 5.74) is 0.910. The number of phenols is 1. The molecule has 1 aromatic heterocycles. The van der Waals surface area contributed by atoms with E-state index in [1.807, 2.05) is 42.0 Å². The van der Waals surface area contributed by atoms with Gasteiger partial charge in [-0.05, 0) is 31.5 Å². The molecule has 0 saturated heterocycles. The number of nitrogens with one attached hydrogen (secondary N) is 1. The summed E-state index contributed by atoms with van der Waals surface area (Å²) < 4.78 is 2.03. The Morgan fingerprint density at radius 1 is 1.29 bits per heavy atom. The highest BCUT2D eigenvalue weighted by atomic mass is 127. The van der Waals surface area contributed by atoms with Crippen molar-refractivity contribution in [3.8, 4) is 5.75 Å². The summed E-state index contributed by atoms with van der Waals surface area (Å²) >= 11 is 0. The van der Waals surface area contributed by atoms with Gasteiger partial charge in [0, 0.05) is 12.6 Å². The van der Waals surface area contributed by atoms with Crippen LogP contribution in [0.15, 0.2) is 36.5 Å². The van der Waals surface area contributed by atoms with Crippen molar-refractivity contribution in [1.29, 1.82) is 0 Å². The van der Waals surface area contributed by atoms with Crippen LogP contribution in [0.2, 0.25) is 0 Å². The lowest BCUT2D eigenvalue weighted by Gasteiger charge is -2.01. The molecule has 0 saturated carbocycles. The van der Waals surface area contributed by atoms with E-state index in [1.165, 1.54) is 0 Å². The highest BCUT2D eigenvalue weighted by Crippen LogP contribution is 2.19. The number of carboxylic acid groups (broad SMARTS) is 1.